The maximum absolute atomic E-state index is 12.7. The van der Waals surface area contributed by atoms with Crippen molar-refractivity contribution in [1.29, 1.82) is 0 Å². The van der Waals surface area contributed by atoms with Crippen LogP contribution in [0.3, 0.4) is 0 Å². The van der Waals surface area contributed by atoms with Crippen LogP contribution in [0.4, 0.5) is 0 Å². The molecule has 2 aliphatic heterocycles. The van der Waals surface area contributed by atoms with Gasteiger partial charge in [0, 0.05) is 16.7 Å². The molecule has 1 N–H and O–H groups in total. The first kappa shape index (κ1) is 18.2. The Morgan fingerprint density at radius 1 is 1.15 bits per heavy atom. The zero-order valence-electron chi connectivity index (χ0n) is 14.5. The summed E-state index contributed by atoms with van der Waals surface area (Å²) in [5, 5.41) is 2.92. The highest BCUT2D eigenvalue weighted by atomic mass is 32.2. The summed E-state index contributed by atoms with van der Waals surface area (Å²) in [6.07, 6.45) is 0.625. The van der Waals surface area contributed by atoms with Gasteiger partial charge in [0.15, 0.2) is 21.3 Å². The first-order valence-electron chi connectivity index (χ1n) is 8.63. The Balaban J connectivity index is 1.43. The summed E-state index contributed by atoms with van der Waals surface area (Å²) in [4.78, 5) is 13.5. The van der Waals surface area contributed by atoms with Gasteiger partial charge in [-0.15, -0.1) is 11.8 Å². The summed E-state index contributed by atoms with van der Waals surface area (Å²) in [6, 6.07) is 12.9. The number of hydrogen-bond donors (Lipinski definition) is 1. The van der Waals surface area contributed by atoms with Crippen molar-refractivity contribution >= 4 is 27.5 Å². The minimum Gasteiger partial charge on any atom is -0.454 e. The van der Waals surface area contributed by atoms with E-state index in [1.807, 2.05) is 36.4 Å². The van der Waals surface area contributed by atoms with E-state index in [1.54, 1.807) is 6.07 Å². The van der Waals surface area contributed by atoms with E-state index in [9.17, 15) is 13.2 Å². The molecule has 0 aliphatic carbocycles. The second kappa shape index (κ2) is 7.44. The largest absolute Gasteiger partial charge is 0.454 e. The normalized spacial score (nSPS) is 19.8. The van der Waals surface area contributed by atoms with Crippen LogP contribution >= 0.6 is 11.8 Å². The maximum Gasteiger partial charge on any atom is 0.252 e. The molecular weight excluding hydrogens is 386 g/mol. The molecule has 27 heavy (non-hydrogen) atoms. The van der Waals surface area contributed by atoms with Gasteiger partial charge in [-0.05, 0) is 36.2 Å². The van der Waals surface area contributed by atoms with Crippen LogP contribution < -0.4 is 14.8 Å². The number of amides is 1. The fraction of sp³-hybridized carbons (Fsp3) is 0.316. The molecule has 2 aromatic carbocycles. The number of sulfone groups is 1. The van der Waals surface area contributed by atoms with Crippen molar-refractivity contribution in [1.82, 2.24) is 5.32 Å². The van der Waals surface area contributed by atoms with E-state index in [0.29, 0.717) is 30.0 Å². The topological polar surface area (TPSA) is 81.7 Å². The summed E-state index contributed by atoms with van der Waals surface area (Å²) in [5.41, 5.74) is 1.48. The third-order valence-corrected chi connectivity index (χ3v) is 7.83. The molecule has 1 unspecified atom stereocenters. The smallest absolute Gasteiger partial charge is 0.252 e. The Morgan fingerprint density at radius 3 is 2.78 bits per heavy atom. The Hall–Kier alpha value is -2.19. The minimum absolute atomic E-state index is 0.00203. The van der Waals surface area contributed by atoms with E-state index >= 15 is 0 Å². The molecule has 0 radical (unpaired) electrons. The molecule has 6 nitrogen and oxygen atoms in total. The Kier molecular flexibility index (Phi) is 5.01. The van der Waals surface area contributed by atoms with Crippen molar-refractivity contribution in [3.8, 4) is 11.5 Å². The molecule has 1 saturated heterocycles. The highest BCUT2D eigenvalue weighted by Gasteiger charge is 2.29. The van der Waals surface area contributed by atoms with Crippen LogP contribution in [0, 0.1) is 0 Å². The number of carbonyl (C=O) groups is 1. The average Bonchev–Trinajstić information content (AvgIpc) is 3.25. The van der Waals surface area contributed by atoms with Crippen molar-refractivity contribution in [3.05, 3.63) is 53.6 Å². The van der Waals surface area contributed by atoms with Gasteiger partial charge in [0.1, 0.15) is 0 Å². The predicted octanol–water partition coefficient (Wildman–Crippen LogP) is 2.62. The van der Waals surface area contributed by atoms with Crippen molar-refractivity contribution in [2.45, 2.75) is 23.1 Å². The number of fused-ring (bicyclic) bond motifs is 1. The number of thioether (sulfide) groups is 1. The van der Waals surface area contributed by atoms with Crippen molar-refractivity contribution in [2.24, 2.45) is 0 Å². The first-order chi connectivity index (χ1) is 13.0. The standard InChI is InChI=1S/C19H19NO5S2/c21-19(20-10-13-5-6-16-17(9-13)25-12-24-16)15-3-1-2-4-18(15)26-14-7-8-27(22,23)11-14/h1-6,9,14H,7-8,10-12H2,(H,20,21). The Bertz CT molecular complexity index is 974. The van der Waals surface area contributed by atoms with Crippen LogP contribution in [0.15, 0.2) is 47.4 Å². The lowest BCUT2D eigenvalue weighted by Gasteiger charge is -2.13. The molecule has 4 rings (SSSR count). The molecule has 1 amide bonds. The van der Waals surface area contributed by atoms with Crippen LogP contribution in [0.25, 0.3) is 0 Å². The fourth-order valence-corrected chi connectivity index (χ4v) is 6.75. The second-order valence-corrected chi connectivity index (χ2v) is 10.1. The lowest BCUT2D eigenvalue weighted by atomic mass is 10.1. The van der Waals surface area contributed by atoms with Gasteiger partial charge in [0.05, 0.1) is 17.1 Å². The first-order valence-corrected chi connectivity index (χ1v) is 11.3. The van der Waals surface area contributed by atoms with E-state index < -0.39 is 9.84 Å². The molecule has 0 saturated carbocycles. The minimum atomic E-state index is -2.94. The van der Waals surface area contributed by atoms with Crippen molar-refractivity contribution in [3.63, 3.8) is 0 Å². The zero-order valence-corrected chi connectivity index (χ0v) is 16.1. The molecule has 0 aromatic heterocycles. The van der Waals surface area contributed by atoms with Gasteiger partial charge in [-0.1, -0.05) is 18.2 Å². The van der Waals surface area contributed by atoms with Gasteiger partial charge in [-0.2, -0.15) is 0 Å². The van der Waals surface area contributed by atoms with Crippen LogP contribution in [0.1, 0.15) is 22.3 Å². The second-order valence-electron chi connectivity index (χ2n) is 6.51. The molecular formula is C19H19NO5S2. The highest BCUT2D eigenvalue weighted by Crippen LogP contribution is 2.34. The third-order valence-electron chi connectivity index (χ3n) is 4.51. The highest BCUT2D eigenvalue weighted by molar-refractivity contribution is 8.02. The van der Waals surface area contributed by atoms with Gasteiger partial charge < -0.3 is 14.8 Å². The van der Waals surface area contributed by atoms with E-state index in [1.165, 1.54) is 11.8 Å². The number of rotatable bonds is 5. The molecule has 1 atom stereocenters. The van der Waals surface area contributed by atoms with Gasteiger partial charge in [-0.25, -0.2) is 8.42 Å². The number of ether oxygens (including phenoxy) is 2. The summed E-state index contributed by atoms with van der Waals surface area (Å²) in [5.74, 6) is 1.60. The van der Waals surface area contributed by atoms with E-state index in [2.05, 4.69) is 5.32 Å². The van der Waals surface area contributed by atoms with Crippen LogP contribution in [0.5, 0.6) is 11.5 Å². The van der Waals surface area contributed by atoms with Gasteiger partial charge in [-0.3, -0.25) is 4.79 Å². The van der Waals surface area contributed by atoms with Gasteiger partial charge >= 0.3 is 0 Å². The van der Waals surface area contributed by atoms with Crippen LogP contribution in [0.2, 0.25) is 0 Å². The van der Waals surface area contributed by atoms with Crippen molar-refractivity contribution < 1.29 is 22.7 Å². The fourth-order valence-electron chi connectivity index (χ4n) is 3.12. The summed E-state index contributed by atoms with van der Waals surface area (Å²) in [7, 11) is -2.94. The quantitative estimate of drug-likeness (QED) is 0.824. The van der Waals surface area contributed by atoms with Crippen LogP contribution in [-0.4, -0.2) is 37.9 Å². The monoisotopic (exact) mass is 405 g/mol. The number of benzene rings is 2. The zero-order chi connectivity index (χ0) is 18.9. The molecule has 8 heteroatoms. The SMILES string of the molecule is O=C(NCc1ccc2c(c1)OCO2)c1ccccc1SC1CCS(=O)(=O)C1. The maximum atomic E-state index is 12.7. The summed E-state index contributed by atoms with van der Waals surface area (Å²) >= 11 is 1.47. The molecule has 1 fully saturated rings. The van der Waals surface area contributed by atoms with E-state index in [-0.39, 0.29) is 29.5 Å². The number of carbonyl (C=O) groups excluding carboxylic acids is 1. The lowest BCUT2D eigenvalue weighted by Crippen LogP contribution is -2.23. The lowest BCUT2D eigenvalue weighted by molar-refractivity contribution is 0.0948. The van der Waals surface area contributed by atoms with Gasteiger partial charge in [0.2, 0.25) is 6.79 Å². The van der Waals surface area contributed by atoms with E-state index in [4.69, 9.17) is 9.47 Å². The number of hydrogen-bond acceptors (Lipinski definition) is 6. The van der Waals surface area contributed by atoms with Crippen LogP contribution in [-0.2, 0) is 16.4 Å². The predicted molar refractivity (Wildman–Crippen MR) is 103 cm³/mol. The van der Waals surface area contributed by atoms with E-state index in [0.717, 1.165) is 10.5 Å². The molecule has 142 valence electrons. The molecule has 2 aromatic rings. The molecule has 0 bridgehead atoms. The summed E-state index contributed by atoms with van der Waals surface area (Å²) < 4.78 is 34.0. The Morgan fingerprint density at radius 2 is 1.96 bits per heavy atom. The van der Waals surface area contributed by atoms with Crippen molar-refractivity contribution in [2.75, 3.05) is 18.3 Å². The number of nitrogens with one attached hydrogen (secondary N) is 1. The average molecular weight is 405 g/mol. The Labute approximate surface area is 162 Å². The van der Waals surface area contributed by atoms with Gasteiger partial charge in [0.25, 0.3) is 5.91 Å². The molecule has 2 aliphatic rings. The molecule has 0 spiro atoms. The summed E-state index contributed by atoms with van der Waals surface area (Å²) in [6.45, 7) is 0.582. The molecule has 2 heterocycles. The third kappa shape index (κ3) is 4.22.